The van der Waals surface area contributed by atoms with Gasteiger partial charge in [0.25, 0.3) is 5.91 Å². The number of ether oxygens (including phenoxy) is 1. The number of amides is 1. The predicted octanol–water partition coefficient (Wildman–Crippen LogP) is 3.39. The Morgan fingerprint density at radius 1 is 1.12 bits per heavy atom. The van der Waals surface area contributed by atoms with E-state index in [2.05, 4.69) is 10.1 Å². The maximum absolute atomic E-state index is 12.3. The number of aliphatic carboxylic acids is 1. The first kappa shape index (κ1) is 19.8. The Bertz CT molecular complexity index is 566. The molecule has 24 heavy (non-hydrogen) atoms. The number of alkyl halides is 3. The van der Waals surface area contributed by atoms with Crippen molar-refractivity contribution < 1.29 is 32.6 Å². The SMILES string of the molecule is CCC(CC)(CC(=O)O)NC(=O)c1ccc(OCC(F)(F)F)cc1. The van der Waals surface area contributed by atoms with E-state index in [0.717, 1.165) is 0 Å². The van der Waals surface area contributed by atoms with E-state index >= 15 is 0 Å². The Hall–Kier alpha value is -2.25. The molecule has 1 amide bonds. The van der Waals surface area contributed by atoms with Crippen LogP contribution in [0, 0.1) is 0 Å². The Balaban J connectivity index is 2.78. The molecular formula is C16H20F3NO4. The van der Waals surface area contributed by atoms with Crippen molar-refractivity contribution in [3.63, 3.8) is 0 Å². The number of benzene rings is 1. The minimum atomic E-state index is -4.44. The van der Waals surface area contributed by atoms with Crippen molar-refractivity contribution in [2.75, 3.05) is 6.61 Å². The van der Waals surface area contributed by atoms with E-state index in [9.17, 15) is 22.8 Å². The van der Waals surface area contributed by atoms with Gasteiger partial charge in [0.1, 0.15) is 5.75 Å². The summed E-state index contributed by atoms with van der Waals surface area (Å²) in [6, 6.07) is 5.19. The van der Waals surface area contributed by atoms with Gasteiger partial charge in [0.2, 0.25) is 0 Å². The van der Waals surface area contributed by atoms with Gasteiger partial charge >= 0.3 is 12.1 Å². The summed E-state index contributed by atoms with van der Waals surface area (Å²) in [7, 11) is 0. The first-order chi connectivity index (χ1) is 11.1. The molecule has 0 spiro atoms. The van der Waals surface area contributed by atoms with Crippen LogP contribution < -0.4 is 10.1 Å². The minimum absolute atomic E-state index is 0.00772. The van der Waals surface area contributed by atoms with Crippen LogP contribution in [0.15, 0.2) is 24.3 Å². The zero-order chi connectivity index (χ0) is 18.4. The van der Waals surface area contributed by atoms with Gasteiger partial charge in [-0.25, -0.2) is 0 Å². The van der Waals surface area contributed by atoms with Crippen LogP contribution in [-0.4, -0.2) is 35.3 Å². The van der Waals surface area contributed by atoms with Gasteiger partial charge in [-0.15, -0.1) is 0 Å². The van der Waals surface area contributed by atoms with Crippen LogP contribution in [0.2, 0.25) is 0 Å². The summed E-state index contributed by atoms with van der Waals surface area (Å²) >= 11 is 0. The molecule has 1 aromatic carbocycles. The van der Waals surface area contributed by atoms with Gasteiger partial charge in [0.05, 0.1) is 12.0 Å². The Kier molecular flexibility index (Phi) is 6.62. The molecule has 0 heterocycles. The van der Waals surface area contributed by atoms with Crippen LogP contribution >= 0.6 is 0 Å². The number of carbonyl (C=O) groups excluding carboxylic acids is 1. The number of carboxylic acid groups (broad SMARTS) is 1. The second-order valence-corrected chi connectivity index (χ2v) is 5.44. The fourth-order valence-corrected chi connectivity index (χ4v) is 2.19. The molecule has 1 aromatic rings. The van der Waals surface area contributed by atoms with Gasteiger partial charge in [-0.05, 0) is 37.1 Å². The Morgan fingerprint density at radius 2 is 1.67 bits per heavy atom. The van der Waals surface area contributed by atoms with E-state index in [1.165, 1.54) is 24.3 Å². The van der Waals surface area contributed by atoms with Gasteiger partial charge in [-0.3, -0.25) is 9.59 Å². The van der Waals surface area contributed by atoms with Crippen LogP contribution in [0.4, 0.5) is 13.2 Å². The molecule has 0 saturated carbocycles. The number of carboxylic acids is 1. The molecule has 5 nitrogen and oxygen atoms in total. The zero-order valence-electron chi connectivity index (χ0n) is 13.4. The van der Waals surface area contributed by atoms with E-state index < -0.39 is 30.2 Å². The molecule has 0 aromatic heterocycles. The molecular weight excluding hydrogens is 327 g/mol. The van der Waals surface area contributed by atoms with Gasteiger partial charge in [0.15, 0.2) is 6.61 Å². The number of hydrogen-bond donors (Lipinski definition) is 2. The highest BCUT2D eigenvalue weighted by Gasteiger charge is 2.31. The largest absolute Gasteiger partial charge is 0.484 e. The number of halogens is 3. The van der Waals surface area contributed by atoms with Crippen molar-refractivity contribution in [2.24, 2.45) is 0 Å². The van der Waals surface area contributed by atoms with Crippen LogP contribution in [-0.2, 0) is 4.79 Å². The average molecular weight is 347 g/mol. The second kappa shape index (κ2) is 8.03. The molecule has 0 bridgehead atoms. The summed E-state index contributed by atoms with van der Waals surface area (Å²) in [4.78, 5) is 23.3. The molecule has 0 fully saturated rings. The van der Waals surface area contributed by atoms with Crippen molar-refractivity contribution in [3.8, 4) is 5.75 Å². The summed E-state index contributed by atoms with van der Waals surface area (Å²) in [5, 5.41) is 11.7. The molecule has 0 saturated heterocycles. The Labute approximate surface area is 137 Å². The quantitative estimate of drug-likeness (QED) is 0.756. The van der Waals surface area contributed by atoms with Crippen LogP contribution in [0.1, 0.15) is 43.5 Å². The molecule has 0 atom stereocenters. The second-order valence-electron chi connectivity index (χ2n) is 5.44. The van der Waals surface area contributed by atoms with Gasteiger partial charge in [0, 0.05) is 5.56 Å². The molecule has 0 unspecified atom stereocenters. The number of rotatable bonds is 8. The first-order valence-electron chi connectivity index (χ1n) is 7.44. The van der Waals surface area contributed by atoms with Gasteiger partial charge in [-0.2, -0.15) is 13.2 Å². The fourth-order valence-electron chi connectivity index (χ4n) is 2.19. The van der Waals surface area contributed by atoms with Crippen molar-refractivity contribution >= 4 is 11.9 Å². The molecule has 0 radical (unpaired) electrons. The van der Waals surface area contributed by atoms with E-state index in [0.29, 0.717) is 12.8 Å². The van der Waals surface area contributed by atoms with E-state index in [1.54, 1.807) is 13.8 Å². The maximum Gasteiger partial charge on any atom is 0.422 e. The highest BCUT2D eigenvalue weighted by atomic mass is 19.4. The smallest absolute Gasteiger partial charge is 0.422 e. The molecule has 2 N–H and O–H groups in total. The van der Waals surface area contributed by atoms with Crippen LogP contribution in [0.5, 0.6) is 5.75 Å². The van der Waals surface area contributed by atoms with Gasteiger partial charge < -0.3 is 15.2 Å². The predicted molar refractivity (Wildman–Crippen MR) is 81.0 cm³/mol. The zero-order valence-corrected chi connectivity index (χ0v) is 13.4. The third-order valence-corrected chi connectivity index (χ3v) is 3.74. The van der Waals surface area contributed by atoms with E-state index in [-0.39, 0.29) is 17.7 Å². The van der Waals surface area contributed by atoms with Crippen molar-refractivity contribution in [2.45, 2.75) is 44.8 Å². The number of carbonyl (C=O) groups is 2. The summed E-state index contributed by atoms with van der Waals surface area (Å²) in [6.07, 6.45) is -3.77. The molecule has 8 heteroatoms. The summed E-state index contributed by atoms with van der Waals surface area (Å²) in [6.45, 7) is 2.15. The molecule has 0 aliphatic rings. The van der Waals surface area contributed by atoms with Crippen molar-refractivity contribution in [3.05, 3.63) is 29.8 Å². The average Bonchev–Trinajstić information content (AvgIpc) is 2.51. The minimum Gasteiger partial charge on any atom is -0.484 e. The lowest BCUT2D eigenvalue weighted by Gasteiger charge is -2.31. The lowest BCUT2D eigenvalue weighted by molar-refractivity contribution is -0.153. The van der Waals surface area contributed by atoms with Crippen molar-refractivity contribution in [1.29, 1.82) is 0 Å². The summed E-state index contributed by atoms with van der Waals surface area (Å²) in [5.74, 6) is -1.51. The highest BCUT2D eigenvalue weighted by molar-refractivity contribution is 5.95. The van der Waals surface area contributed by atoms with Gasteiger partial charge in [-0.1, -0.05) is 13.8 Å². The lowest BCUT2D eigenvalue weighted by Crippen LogP contribution is -2.49. The third-order valence-electron chi connectivity index (χ3n) is 3.74. The molecule has 0 aliphatic heterocycles. The standard InChI is InChI=1S/C16H20F3NO4/c1-3-15(4-2,9-13(21)22)20-14(23)11-5-7-12(8-6-11)24-10-16(17,18)19/h5-8H,3-4,9-10H2,1-2H3,(H,20,23)(H,21,22). The normalized spacial score (nSPS) is 11.9. The summed E-state index contributed by atoms with van der Waals surface area (Å²) < 4.78 is 40.8. The maximum atomic E-state index is 12.3. The van der Waals surface area contributed by atoms with E-state index in [4.69, 9.17) is 5.11 Å². The monoisotopic (exact) mass is 347 g/mol. The van der Waals surface area contributed by atoms with E-state index in [1.807, 2.05) is 0 Å². The molecule has 0 aliphatic carbocycles. The molecule has 134 valence electrons. The van der Waals surface area contributed by atoms with Crippen molar-refractivity contribution in [1.82, 2.24) is 5.32 Å². The van der Waals surface area contributed by atoms with Crippen LogP contribution in [0.3, 0.4) is 0 Å². The molecule has 1 rings (SSSR count). The first-order valence-corrected chi connectivity index (χ1v) is 7.44. The number of hydrogen-bond acceptors (Lipinski definition) is 3. The summed E-state index contributed by atoms with van der Waals surface area (Å²) in [5.41, 5.74) is -0.653. The van der Waals surface area contributed by atoms with Crippen LogP contribution in [0.25, 0.3) is 0 Å². The fraction of sp³-hybridized carbons (Fsp3) is 0.500. The number of nitrogens with one attached hydrogen (secondary N) is 1. The third kappa shape index (κ3) is 6.10. The topological polar surface area (TPSA) is 75.6 Å². The lowest BCUT2D eigenvalue weighted by atomic mass is 9.88. The Morgan fingerprint density at radius 3 is 2.08 bits per heavy atom. The highest BCUT2D eigenvalue weighted by Crippen LogP contribution is 2.22.